The van der Waals surface area contributed by atoms with Crippen molar-refractivity contribution in [3.63, 3.8) is 0 Å². The van der Waals surface area contributed by atoms with Gasteiger partial charge in [0.05, 0.1) is 5.54 Å². The lowest BCUT2D eigenvalue weighted by Gasteiger charge is -2.22. The summed E-state index contributed by atoms with van der Waals surface area (Å²) in [5.41, 5.74) is 5.90. The number of halogens is 1. The molecule has 0 aromatic heterocycles. The van der Waals surface area contributed by atoms with E-state index < -0.39 is 5.54 Å². The lowest BCUT2D eigenvalue weighted by Crippen LogP contribution is -2.51. The molecule has 0 saturated heterocycles. The third kappa shape index (κ3) is 4.15. The van der Waals surface area contributed by atoms with Crippen LogP contribution in [-0.2, 0) is 11.3 Å². The van der Waals surface area contributed by atoms with Crippen molar-refractivity contribution in [2.75, 3.05) is 0 Å². The summed E-state index contributed by atoms with van der Waals surface area (Å²) in [4.78, 5) is 11.8. The monoisotopic (exact) mass is 238 g/mol. The second-order valence-corrected chi connectivity index (χ2v) is 4.48. The third-order valence-electron chi connectivity index (χ3n) is 2.65. The van der Waals surface area contributed by atoms with Crippen LogP contribution in [0.25, 0.3) is 0 Å². The summed E-state index contributed by atoms with van der Waals surface area (Å²) in [6.07, 6.45) is 1.50. The van der Waals surface area contributed by atoms with Gasteiger partial charge in [-0.2, -0.15) is 0 Å². The van der Waals surface area contributed by atoms with Gasteiger partial charge in [0, 0.05) is 6.54 Å². The maximum Gasteiger partial charge on any atom is 0.240 e. The molecule has 0 aliphatic rings. The molecule has 0 fully saturated rings. The highest BCUT2D eigenvalue weighted by molar-refractivity contribution is 5.85. The third-order valence-corrected chi connectivity index (χ3v) is 2.65. The van der Waals surface area contributed by atoms with Gasteiger partial charge >= 0.3 is 0 Å². The van der Waals surface area contributed by atoms with Gasteiger partial charge in [-0.05, 0) is 31.0 Å². The summed E-state index contributed by atoms with van der Waals surface area (Å²) in [6.45, 7) is 4.07. The first-order valence-corrected chi connectivity index (χ1v) is 5.77. The topological polar surface area (TPSA) is 55.1 Å². The number of carbonyl (C=O) groups is 1. The average Bonchev–Trinajstić information content (AvgIpc) is 2.27. The predicted octanol–water partition coefficient (Wildman–Crippen LogP) is 1.96. The van der Waals surface area contributed by atoms with Crippen LogP contribution >= 0.6 is 0 Å². The largest absolute Gasteiger partial charge is 0.350 e. The number of amides is 1. The SMILES string of the molecule is CCCC(C)(N)C(=O)NCc1ccc(F)cc1. The molecule has 1 unspecified atom stereocenters. The van der Waals surface area contributed by atoms with Crippen molar-refractivity contribution in [1.82, 2.24) is 5.32 Å². The number of carbonyl (C=O) groups excluding carboxylic acids is 1. The smallest absolute Gasteiger partial charge is 0.240 e. The quantitative estimate of drug-likeness (QED) is 0.824. The van der Waals surface area contributed by atoms with Gasteiger partial charge in [-0.3, -0.25) is 4.79 Å². The number of benzene rings is 1. The molecule has 0 heterocycles. The van der Waals surface area contributed by atoms with Gasteiger partial charge in [-0.15, -0.1) is 0 Å². The van der Waals surface area contributed by atoms with E-state index in [4.69, 9.17) is 5.73 Å². The van der Waals surface area contributed by atoms with Crippen LogP contribution in [0.3, 0.4) is 0 Å². The molecule has 4 heteroatoms. The van der Waals surface area contributed by atoms with Crippen LogP contribution in [-0.4, -0.2) is 11.4 Å². The van der Waals surface area contributed by atoms with E-state index in [9.17, 15) is 9.18 Å². The van der Waals surface area contributed by atoms with E-state index in [0.29, 0.717) is 13.0 Å². The van der Waals surface area contributed by atoms with E-state index in [1.54, 1.807) is 19.1 Å². The molecule has 0 bridgehead atoms. The first kappa shape index (κ1) is 13.6. The first-order valence-electron chi connectivity index (χ1n) is 5.77. The van der Waals surface area contributed by atoms with E-state index >= 15 is 0 Å². The van der Waals surface area contributed by atoms with E-state index in [1.165, 1.54) is 12.1 Å². The minimum Gasteiger partial charge on any atom is -0.350 e. The number of nitrogens with one attached hydrogen (secondary N) is 1. The van der Waals surface area contributed by atoms with Gasteiger partial charge < -0.3 is 11.1 Å². The molecule has 1 aromatic rings. The van der Waals surface area contributed by atoms with Crippen LogP contribution in [0.1, 0.15) is 32.3 Å². The molecule has 0 spiro atoms. The summed E-state index contributed by atoms with van der Waals surface area (Å²) in [5.74, 6) is -0.460. The van der Waals surface area contributed by atoms with Gasteiger partial charge in [0.25, 0.3) is 0 Å². The Morgan fingerprint density at radius 3 is 2.53 bits per heavy atom. The molecular formula is C13H19FN2O. The van der Waals surface area contributed by atoms with Crippen molar-refractivity contribution < 1.29 is 9.18 Å². The normalized spacial score (nSPS) is 14.1. The Labute approximate surface area is 101 Å². The molecule has 1 aromatic carbocycles. The molecule has 94 valence electrons. The van der Waals surface area contributed by atoms with Crippen LogP contribution < -0.4 is 11.1 Å². The van der Waals surface area contributed by atoms with Gasteiger partial charge in [-0.25, -0.2) is 4.39 Å². The molecule has 3 N–H and O–H groups in total. The number of hydrogen-bond donors (Lipinski definition) is 2. The molecule has 0 saturated carbocycles. The standard InChI is InChI=1S/C13H19FN2O/c1-3-8-13(2,15)12(17)16-9-10-4-6-11(14)7-5-10/h4-7H,3,8-9,15H2,1-2H3,(H,16,17). The van der Waals surface area contributed by atoms with E-state index in [1.807, 2.05) is 6.92 Å². The van der Waals surface area contributed by atoms with E-state index in [2.05, 4.69) is 5.32 Å². The molecule has 0 radical (unpaired) electrons. The highest BCUT2D eigenvalue weighted by atomic mass is 19.1. The fourth-order valence-electron chi connectivity index (χ4n) is 1.62. The maximum atomic E-state index is 12.7. The summed E-state index contributed by atoms with van der Waals surface area (Å²) in [7, 11) is 0. The Balaban J connectivity index is 2.50. The molecule has 3 nitrogen and oxygen atoms in total. The molecule has 17 heavy (non-hydrogen) atoms. The molecule has 1 amide bonds. The number of hydrogen-bond acceptors (Lipinski definition) is 2. The Bertz CT molecular complexity index is 374. The zero-order valence-corrected chi connectivity index (χ0v) is 10.3. The molecular weight excluding hydrogens is 219 g/mol. The predicted molar refractivity (Wildman–Crippen MR) is 65.7 cm³/mol. The van der Waals surface area contributed by atoms with Crippen LogP contribution in [0.2, 0.25) is 0 Å². The summed E-state index contributed by atoms with van der Waals surface area (Å²) in [6, 6.07) is 6.02. The van der Waals surface area contributed by atoms with Gasteiger partial charge in [-0.1, -0.05) is 25.5 Å². The van der Waals surface area contributed by atoms with Crippen molar-refractivity contribution in [3.05, 3.63) is 35.6 Å². The lowest BCUT2D eigenvalue weighted by molar-refractivity contribution is -0.126. The Morgan fingerprint density at radius 2 is 2.00 bits per heavy atom. The zero-order chi connectivity index (χ0) is 12.9. The Morgan fingerprint density at radius 1 is 1.41 bits per heavy atom. The highest BCUT2D eigenvalue weighted by Gasteiger charge is 2.26. The summed E-state index contributed by atoms with van der Waals surface area (Å²) in [5, 5.41) is 2.76. The van der Waals surface area contributed by atoms with Crippen molar-refractivity contribution in [3.8, 4) is 0 Å². The van der Waals surface area contributed by atoms with E-state index in [-0.39, 0.29) is 11.7 Å². The fourth-order valence-corrected chi connectivity index (χ4v) is 1.62. The lowest BCUT2D eigenvalue weighted by atomic mass is 9.96. The molecule has 1 rings (SSSR count). The minimum atomic E-state index is -0.839. The van der Waals surface area contributed by atoms with E-state index in [0.717, 1.165) is 12.0 Å². The first-order chi connectivity index (χ1) is 7.95. The number of nitrogens with two attached hydrogens (primary N) is 1. The average molecular weight is 238 g/mol. The van der Waals surface area contributed by atoms with Gasteiger partial charge in [0.2, 0.25) is 5.91 Å². The summed E-state index contributed by atoms with van der Waals surface area (Å²) < 4.78 is 12.7. The minimum absolute atomic E-state index is 0.177. The fraction of sp³-hybridized carbons (Fsp3) is 0.462. The second kappa shape index (κ2) is 5.77. The Hall–Kier alpha value is -1.42. The summed E-state index contributed by atoms with van der Waals surface area (Å²) >= 11 is 0. The van der Waals surface area contributed by atoms with Crippen LogP contribution in [0, 0.1) is 5.82 Å². The van der Waals surface area contributed by atoms with Crippen molar-refractivity contribution in [1.29, 1.82) is 0 Å². The van der Waals surface area contributed by atoms with Crippen molar-refractivity contribution in [2.45, 2.75) is 38.8 Å². The maximum absolute atomic E-state index is 12.7. The highest BCUT2D eigenvalue weighted by Crippen LogP contribution is 2.09. The van der Waals surface area contributed by atoms with Crippen molar-refractivity contribution in [2.24, 2.45) is 5.73 Å². The van der Waals surface area contributed by atoms with Gasteiger partial charge in [0.1, 0.15) is 5.82 Å². The van der Waals surface area contributed by atoms with Crippen molar-refractivity contribution >= 4 is 5.91 Å². The van der Waals surface area contributed by atoms with Gasteiger partial charge in [0.15, 0.2) is 0 Å². The van der Waals surface area contributed by atoms with Crippen LogP contribution in [0.4, 0.5) is 4.39 Å². The number of rotatable bonds is 5. The van der Waals surface area contributed by atoms with Crippen LogP contribution in [0.5, 0.6) is 0 Å². The molecule has 0 aliphatic heterocycles. The molecule has 0 aliphatic carbocycles. The Kier molecular flexibility index (Phi) is 4.63. The molecule has 1 atom stereocenters. The zero-order valence-electron chi connectivity index (χ0n) is 10.3. The second-order valence-electron chi connectivity index (χ2n) is 4.48. The van der Waals surface area contributed by atoms with Crippen LogP contribution in [0.15, 0.2) is 24.3 Å².